The minimum Gasteiger partial charge on any atom is -0.192 e. The average Bonchev–Trinajstić information content (AvgIpc) is 2.22. The molecule has 0 heterocycles. The third kappa shape index (κ3) is 2.94. The predicted octanol–water partition coefficient (Wildman–Crippen LogP) is 6.98. The Labute approximate surface area is 123 Å². The van der Waals surface area contributed by atoms with Gasteiger partial charge in [0.05, 0.1) is 0 Å². The fraction of sp³-hybridized carbons (Fsp3) is 1.00. The van der Waals surface area contributed by atoms with Gasteiger partial charge < -0.3 is 0 Å². The summed E-state index contributed by atoms with van der Waals surface area (Å²) in [5, 5.41) is -9.39. The topological polar surface area (TPSA) is 0 Å². The summed E-state index contributed by atoms with van der Waals surface area (Å²) >= 11 is 0. The molecule has 0 aliphatic carbocycles. The molecule has 0 aromatic carbocycles. The van der Waals surface area contributed by atoms with E-state index < -0.39 is 45.3 Å². The number of hydrogen-bond donors (Lipinski definition) is 0. The molecule has 25 heavy (non-hydrogen) atoms. The van der Waals surface area contributed by atoms with Crippen LogP contribution in [0.2, 0.25) is 0 Å². The van der Waals surface area contributed by atoms with Gasteiger partial charge >= 0.3 is 45.3 Å². The van der Waals surface area contributed by atoms with E-state index in [1.54, 1.807) is 0 Å². The van der Waals surface area contributed by atoms with Crippen LogP contribution < -0.4 is 0 Å². The molecule has 0 spiro atoms. The summed E-state index contributed by atoms with van der Waals surface area (Å²) in [6.07, 6.45) is -7.86. The predicted molar refractivity (Wildman–Crippen MR) is 43.9 cm³/mol. The molecule has 0 N–H and O–H groups in total. The Balaban J connectivity index is 6.73. The highest BCUT2D eigenvalue weighted by atomic mass is 32.5. The molecule has 19 heteroatoms. The van der Waals surface area contributed by atoms with E-state index in [1.165, 1.54) is 0 Å². The summed E-state index contributed by atoms with van der Waals surface area (Å²) < 4.78 is 218. The Morgan fingerprint density at radius 3 is 0.800 bits per heavy atom. The minimum atomic E-state index is -13.2. The zero-order valence-electron chi connectivity index (χ0n) is 10.2. The van der Waals surface area contributed by atoms with Crippen molar-refractivity contribution in [3.63, 3.8) is 0 Å². The van der Waals surface area contributed by atoms with Crippen LogP contribution in [0.25, 0.3) is 0 Å². The Morgan fingerprint density at radius 2 is 0.600 bits per heavy atom. The van der Waals surface area contributed by atoms with Gasteiger partial charge in [-0.15, -0.1) is 0 Å². The van der Waals surface area contributed by atoms with Crippen LogP contribution >= 0.6 is 10.2 Å². The fourth-order valence-corrected chi connectivity index (χ4v) is 1.61. The quantitative estimate of drug-likeness (QED) is 0.400. The minimum absolute atomic E-state index is 7.86. The number of hydrogen-bond acceptors (Lipinski definition) is 0. The number of rotatable bonds is 5. The first-order valence-corrected chi connectivity index (χ1v) is 6.63. The van der Waals surface area contributed by atoms with Gasteiger partial charge in [0.2, 0.25) is 0 Å². The molecule has 0 radical (unpaired) electrons. The van der Waals surface area contributed by atoms with Gasteiger partial charge in [-0.05, 0) is 0 Å². The first kappa shape index (κ1) is 24.1. The van der Waals surface area contributed by atoms with Gasteiger partial charge in [0.25, 0.3) is 0 Å². The van der Waals surface area contributed by atoms with Gasteiger partial charge in [0.15, 0.2) is 0 Å². The van der Waals surface area contributed by atoms with Crippen LogP contribution in [0.4, 0.5) is 76.5 Å². The van der Waals surface area contributed by atoms with Crippen molar-refractivity contribution >= 4 is 10.2 Å². The maximum atomic E-state index is 12.6. The lowest BCUT2D eigenvalue weighted by Gasteiger charge is -2.50. The molecule has 0 nitrogen and oxygen atoms in total. The van der Waals surface area contributed by atoms with E-state index in [4.69, 9.17) is 0 Å². The van der Waals surface area contributed by atoms with Crippen molar-refractivity contribution < 1.29 is 76.5 Å². The van der Waals surface area contributed by atoms with Crippen molar-refractivity contribution in [2.24, 2.45) is 0 Å². The second-order valence-electron chi connectivity index (χ2n) is 4.28. The number of alkyl halides is 13. The highest BCUT2D eigenvalue weighted by molar-refractivity contribution is 8.46. The molecule has 0 saturated heterocycles. The van der Waals surface area contributed by atoms with Crippen molar-refractivity contribution in [2.75, 3.05) is 0 Å². The zero-order valence-corrected chi connectivity index (χ0v) is 11.0. The molecule has 0 rings (SSSR count). The molecule has 0 aliphatic rings. The van der Waals surface area contributed by atoms with Crippen molar-refractivity contribution in [3.05, 3.63) is 0 Å². The van der Waals surface area contributed by atoms with Gasteiger partial charge in [-0.1, -0.05) is 19.4 Å². The summed E-state index contributed by atoms with van der Waals surface area (Å²) in [5.41, 5.74) is 0. The fourth-order valence-electron chi connectivity index (χ4n) is 0.997. The third-order valence-electron chi connectivity index (χ3n) is 2.39. The molecule has 0 fully saturated rings. The van der Waals surface area contributed by atoms with Crippen molar-refractivity contribution in [3.8, 4) is 0 Å². The van der Waals surface area contributed by atoms with E-state index in [2.05, 4.69) is 0 Å². The van der Waals surface area contributed by atoms with Crippen LogP contribution in [-0.2, 0) is 0 Å². The van der Waals surface area contributed by atoms with Crippen LogP contribution in [-0.4, -0.2) is 35.1 Å². The first-order valence-electron chi connectivity index (χ1n) is 4.68. The summed E-state index contributed by atoms with van der Waals surface area (Å²) in [6.45, 7) is 0. The van der Waals surface area contributed by atoms with Crippen molar-refractivity contribution in [1.82, 2.24) is 0 Å². The highest BCUT2D eigenvalue weighted by Crippen LogP contribution is 3.06. The van der Waals surface area contributed by atoms with Gasteiger partial charge in [0.1, 0.15) is 0 Å². The molecule has 0 aromatic heterocycles. The van der Waals surface area contributed by atoms with E-state index in [1.807, 2.05) is 0 Å². The second-order valence-corrected chi connectivity index (χ2v) is 6.73. The summed E-state index contributed by atoms with van der Waals surface area (Å²) in [6, 6.07) is 0. The molecular formula is C6F18S. The van der Waals surface area contributed by atoms with Crippen LogP contribution in [0, 0.1) is 0 Å². The Morgan fingerprint density at radius 1 is 0.360 bits per heavy atom. The van der Waals surface area contributed by atoms with E-state index in [-0.39, 0.29) is 0 Å². The molecule has 0 unspecified atom stereocenters. The Bertz CT molecular complexity index is 530. The summed E-state index contributed by atoms with van der Waals surface area (Å²) in [5.74, 6) is -35.0. The third-order valence-corrected chi connectivity index (χ3v) is 3.61. The summed E-state index contributed by atoms with van der Waals surface area (Å²) in [7, 11) is -13.2. The maximum Gasteiger partial charge on any atom is 0.460 e. The van der Waals surface area contributed by atoms with Crippen LogP contribution in [0.1, 0.15) is 0 Å². The molecule has 0 saturated carbocycles. The Kier molecular flexibility index (Phi) is 4.33. The lowest BCUT2D eigenvalue weighted by molar-refractivity contribution is -0.434. The van der Waals surface area contributed by atoms with Crippen molar-refractivity contribution in [1.29, 1.82) is 0 Å². The molecule has 0 bridgehead atoms. The van der Waals surface area contributed by atoms with Crippen molar-refractivity contribution in [2.45, 2.75) is 35.1 Å². The van der Waals surface area contributed by atoms with Crippen LogP contribution in [0.15, 0.2) is 0 Å². The monoisotopic (exact) mass is 446 g/mol. The van der Waals surface area contributed by atoms with E-state index in [0.29, 0.717) is 0 Å². The largest absolute Gasteiger partial charge is 0.460 e. The van der Waals surface area contributed by atoms with Crippen LogP contribution in [0.3, 0.4) is 0 Å². The molecular weight excluding hydrogens is 446 g/mol. The average molecular weight is 446 g/mol. The molecule has 156 valence electrons. The smallest absolute Gasteiger partial charge is 0.192 e. The molecule has 0 atom stereocenters. The lowest BCUT2D eigenvalue weighted by atomic mass is 9.98. The van der Waals surface area contributed by atoms with Gasteiger partial charge in [-0.3, -0.25) is 0 Å². The number of halogens is 18. The molecule has 0 aromatic rings. The molecule has 0 aliphatic heterocycles. The zero-order chi connectivity index (χ0) is 21.4. The normalized spacial score (nSPS) is 19.4. The highest BCUT2D eigenvalue weighted by Gasteiger charge is 3.00. The second kappa shape index (κ2) is 4.49. The van der Waals surface area contributed by atoms with Gasteiger partial charge in [-0.2, -0.15) is 57.1 Å². The summed E-state index contributed by atoms with van der Waals surface area (Å²) in [4.78, 5) is 0. The standard InChI is InChI=1S/C6F18S/c7-1(8,3(11,12)5(15,16)17)2(9,10)4(13,14)6(18,19)25(20,21,22,23)24. The van der Waals surface area contributed by atoms with E-state index >= 15 is 0 Å². The Hall–Kier alpha value is -0.910. The van der Waals surface area contributed by atoms with E-state index in [0.717, 1.165) is 0 Å². The SMILES string of the molecule is FC(F)(F)C(F)(F)C(F)(F)C(F)(F)C(F)(F)C(F)(F)S(F)(F)(F)(F)F. The maximum absolute atomic E-state index is 13.2. The van der Waals surface area contributed by atoms with Gasteiger partial charge in [-0.25, -0.2) is 0 Å². The molecule has 0 amide bonds. The van der Waals surface area contributed by atoms with Gasteiger partial charge in [0, 0.05) is 0 Å². The van der Waals surface area contributed by atoms with Crippen LogP contribution in [0.5, 0.6) is 0 Å². The lowest BCUT2D eigenvalue weighted by Crippen LogP contribution is -2.71. The first-order chi connectivity index (χ1) is 10.00. The van der Waals surface area contributed by atoms with E-state index in [9.17, 15) is 76.5 Å².